The van der Waals surface area contributed by atoms with Crippen LogP contribution in [0.1, 0.15) is 0 Å². The molecule has 0 aliphatic carbocycles. The Hall–Kier alpha value is 0.0300. The molecule has 15 heavy (non-hydrogen) atoms. The summed E-state index contributed by atoms with van der Waals surface area (Å²) in [5.74, 6) is 0. The van der Waals surface area contributed by atoms with Crippen LogP contribution in [0.5, 0.6) is 0 Å². The molecule has 0 aliphatic heterocycles. The number of aliphatic hydroxyl groups excluding tert-OH is 2. The Morgan fingerprint density at radius 2 is 2.00 bits per heavy atom. The van der Waals surface area contributed by atoms with Crippen LogP contribution < -0.4 is 4.89 Å². The van der Waals surface area contributed by atoms with Crippen molar-refractivity contribution in [2.45, 2.75) is 6.10 Å². The minimum Gasteiger partial charge on any atom is -0.778 e. The van der Waals surface area contributed by atoms with Gasteiger partial charge in [0.2, 0.25) is 0 Å². The van der Waals surface area contributed by atoms with Crippen LogP contribution in [0.25, 0.3) is 0 Å². The normalized spacial score (nSPS) is 18.5. The summed E-state index contributed by atoms with van der Waals surface area (Å²) < 4.78 is 16.4. The standard InChI is InChI=1S/C8H20NO5P/c1-9(2,3)4-5-15(12,13)14-7-8(11)6-10/h8,10-11H,4-7H2,1-3H3/t8-/m0/s1. The number of quaternary nitrogens is 1. The molecule has 6 nitrogen and oxygen atoms in total. The van der Waals surface area contributed by atoms with E-state index in [1.807, 2.05) is 21.1 Å². The van der Waals surface area contributed by atoms with E-state index in [2.05, 4.69) is 4.52 Å². The Bertz CT molecular complexity index is 228. The van der Waals surface area contributed by atoms with Gasteiger partial charge in [-0.05, 0) is 0 Å². The largest absolute Gasteiger partial charge is 0.778 e. The maximum absolute atomic E-state index is 11.3. The third-order valence-electron chi connectivity index (χ3n) is 1.72. The van der Waals surface area contributed by atoms with E-state index in [-0.39, 0.29) is 12.8 Å². The van der Waals surface area contributed by atoms with Crippen molar-refractivity contribution in [1.29, 1.82) is 0 Å². The number of aliphatic hydroxyl groups is 2. The average Bonchev–Trinajstić information content (AvgIpc) is 2.10. The van der Waals surface area contributed by atoms with Gasteiger partial charge in [-0.3, -0.25) is 0 Å². The zero-order chi connectivity index (χ0) is 12.1. The van der Waals surface area contributed by atoms with E-state index in [9.17, 15) is 9.46 Å². The first-order valence-corrected chi connectivity index (χ1v) is 6.43. The van der Waals surface area contributed by atoms with Crippen LogP contribution in [0.2, 0.25) is 0 Å². The average molecular weight is 241 g/mol. The van der Waals surface area contributed by atoms with Crippen LogP contribution in [0.4, 0.5) is 0 Å². The maximum atomic E-state index is 11.3. The molecule has 0 rings (SSSR count). The van der Waals surface area contributed by atoms with Crippen molar-refractivity contribution in [1.82, 2.24) is 0 Å². The molecule has 0 aromatic carbocycles. The number of hydrogen-bond acceptors (Lipinski definition) is 5. The van der Waals surface area contributed by atoms with Crippen molar-refractivity contribution >= 4 is 7.60 Å². The predicted octanol–water partition coefficient (Wildman–Crippen LogP) is -1.38. The monoisotopic (exact) mass is 241 g/mol. The van der Waals surface area contributed by atoms with Crippen LogP contribution in [0.15, 0.2) is 0 Å². The highest BCUT2D eigenvalue weighted by Crippen LogP contribution is 2.36. The van der Waals surface area contributed by atoms with Crippen molar-refractivity contribution in [3.8, 4) is 0 Å². The highest BCUT2D eigenvalue weighted by atomic mass is 31.2. The van der Waals surface area contributed by atoms with Crippen molar-refractivity contribution in [3.05, 3.63) is 0 Å². The molecular formula is C8H20NO5P. The van der Waals surface area contributed by atoms with Crippen LogP contribution in [-0.2, 0) is 9.09 Å². The quantitative estimate of drug-likeness (QED) is 0.423. The van der Waals surface area contributed by atoms with Gasteiger partial charge >= 0.3 is 0 Å². The molecule has 7 heteroatoms. The number of hydrogen-bond donors (Lipinski definition) is 2. The van der Waals surface area contributed by atoms with E-state index in [1.54, 1.807) is 0 Å². The minimum atomic E-state index is -3.89. The fraction of sp³-hybridized carbons (Fsp3) is 1.00. The molecule has 0 aromatic heterocycles. The van der Waals surface area contributed by atoms with Crippen LogP contribution in [0.3, 0.4) is 0 Å². The molecule has 1 unspecified atom stereocenters. The van der Waals surface area contributed by atoms with Gasteiger partial charge in [-0.25, -0.2) is 0 Å². The second-order valence-electron chi connectivity index (χ2n) is 4.48. The van der Waals surface area contributed by atoms with Crippen LogP contribution in [-0.4, -0.2) is 67.9 Å². The molecule has 0 radical (unpaired) electrons. The van der Waals surface area contributed by atoms with Gasteiger partial charge in [0.1, 0.15) is 13.7 Å². The second-order valence-corrected chi connectivity index (χ2v) is 6.41. The lowest BCUT2D eigenvalue weighted by atomic mass is 10.4. The summed E-state index contributed by atoms with van der Waals surface area (Å²) >= 11 is 0. The van der Waals surface area contributed by atoms with Gasteiger partial charge < -0.3 is 28.7 Å². The molecule has 0 saturated carbocycles. The molecule has 0 bridgehead atoms. The first kappa shape index (κ1) is 15.0. The van der Waals surface area contributed by atoms with Gasteiger partial charge in [0.05, 0.1) is 47.1 Å². The van der Waals surface area contributed by atoms with E-state index in [0.29, 0.717) is 11.0 Å². The van der Waals surface area contributed by atoms with Gasteiger partial charge in [0.25, 0.3) is 0 Å². The molecular weight excluding hydrogens is 221 g/mol. The summed E-state index contributed by atoms with van der Waals surface area (Å²) in [6.45, 7) is -0.445. The summed E-state index contributed by atoms with van der Waals surface area (Å²) in [7, 11) is 1.74. The summed E-state index contributed by atoms with van der Waals surface area (Å²) in [6, 6.07) is 0. The van der Waals surface area contributed by atoms with Gasteiger partial charge in [-0.15, -0.1) is 0 Å². The highest BCUT2D eigenvalue weighted by Gasteiger charge is 2.16. The molecule has 0 amide bonds. The van der Waals surface area contributed by atoms with E-state index in [4.69, 9.17) is 10.2 Å². The molecule has 0 aliphatic rings. The van der Waals surface area contributed by atoms with Gasteiger partial charge in [-0.1, -0.05) is 0 Å². The molecule has 92 valence electrons. The Morgan fingerprint density at radius 1 is 1.47 bits per heavy atom. The molecule has 0 saturated heterocycles. The first-order chi connectivity index (χ1) is 6.66. The highest BCUT2D eigenvalue weighted by molar-refractivity contribution is 7.51. The Balaban J connectivity index is 3.93. The summed E-state index contributed by atoms with van der Waals surface area (Å²) in [5, 5.41) is 17.4. The summed E-state index contributed by atoms with van der Waals surface area (Å²) in [6.07, 6.45) is -1.22. The van der Waals surface area contributed by atoms with E-state index in [1.165, 1.54) is 0 Å². The molecule has 2 atom stereocenters. The van der Waals surface area contributed by atoms with Crippen LogP contribution >= 0.6 is 7.60 Å². The van der Waals surface area contributed by atoms with E-state index < -0.39 is 20.3 Å². The Morgan fingerprint density at radius 3 is 2.40 bits per heavy atom. The van der Waals surface area contributed by atoms with Crippen molar-refractivity contribution in [3.63, 3.8) is 0 Å². The molecule has 0 heterocycles. The zero-order valence-corrected chi connectivity index (χ0v) is 10.3. The first-order valence-electron chi connectivity index (χ1n) is 4.70. The Kier molecular flexibility index (Phi) is 5.95. The third kappa shape index (κ3) is 8.99. The Labute approximate surface area is 90.2 Å². The minimum absolute atomic E-state index is 0.0748. The van der Waals surface area contributed by atoms with Gasteiger partial charge in [0, 0.05) is 0 Å². The molecule has 0 fully saturated rings. The topological polar surface area (TPSA) is 89.8 Å². The smallest absolute Gasteiger partial charge is 0.140 e. The fourth-order valence-electron chi connectivity index (χ4n) is 0.739. The lowest BCUT2D eigenvalue weighted by Crippen LogP contribution is -2.38. The van der Waals surface area contributed by atoms with Crippen molar-refractivity contribution in [2.75, 3.05) is 47.1 Å². The van der Waals surface area contributed by atoms with Gasteiger partial charge in [0.15, 0.2) is 0 Å². The zero-order valence-electron chi connectivity index (χ0n) is 9.42. The van der Waals surface area contributed by atoms with Crippen molar-refractivity contribution < 1.29 is 28.7 Å². The third-order valence-corrected chi connectivity index (χ3v) is 3.01. The SMILES string of the molecule is C[N+](C)(C)CCP(=O)([O-])OC[C@@H](O)CO. The predicted molar refractivity (Wildman–Crippen MR) is 54.4 cm³/mol. The summed E-state index contributed by atoms with van der Waals surface area (Å²) in [5.41, 5.74) is 0. The maximum Gasteiger partial charge on any atom is 0.140 e. The number of nitrogens with zero attached hydrogens (tertiary/aromatic N) is 1. The van der Waals surface area contributed by atoms with Crippen molar-refractivity contribution in [2.24, 2.45) is 0 Å². The fourth-order valence-corrected chi connectivity index (χ4v) is 2.11. The van der Waals surface area contributed by atoms with Crippen LogP contribution in [0, 0.1) is 0 Å². The lowest BCUT2D eigenvalue weighted by Gasteiger charge is -2.29. The summed E-state index contributed by atoms with van der Waals surface area (Å²) in [4.78, 5) is 11.3. The molecule has 0 aromatic rings. The van der Waals surface area contributed by atoms with Gasteiger partial charge in [-0.2, -0.15) is 0 Å². The second kappa shape index (κ2) is 5.94. The lowest BCUT2D eigenvalue weighted by molar-refractivity contribution is -0.868. The molecule has 2 N–H and O–H groups in total. The van der Waals surface area contributed by atoms with E-state index in [0.717, 1.165) is 0 Å². The molecule has 0 spiro atoms. The van der Waals surface area contributed by atoms with E-state index >= 15 is 0 Å². The number of rotatable bonds is 7.